The predicted octanol–water partition coefficient (Wildman–Crippen LogP) is 4.67. The monoisotopic (exact) mass is 472 g/mol. The maximum absolute atomic E-state index is 13.3. The van der Waals surface area contributed by atoms with E-state index in [2.05, 4.69) is 15.4 Å². The maximum Gasteiger partial charge on any atom is 0.416 e. The van der Waals surface area contributed by atoms with E-state index in [1.807, 2.05) is 29.2 Å². The molecule has 0 aliphatic carbocycles. The Hall–Kier alpha value is -3.31. The molecule has 1 aliphatic rings. The Bertz CT molecular complexity index is 1250. The molecule has 0 radical (unpaired) electrons. The first-order valence-electron chi connectivity index (χ1n) is 10.3. The molecule has 2 aromatic heterocycles. The molecule has 3 heterocycles. The number of carbonyl (C=O) groups excluding carboxylic acids is 1. The third-order valence-electron chi connectivity index (χ3n) is 5.57. The highest BCUT2D eigenvalue weighted by Gasteiger charge is 2.33. The van der Waals surface area contributed by atoms with E-state index in [4.69, 9.17) is 4.98 Å². The maximum atomic E-state index is 13.3. The first-order valence-corrected chi connectivity index (χ1v) is 11.2. The van der Waals surface area contributed by atoms with E-state index in [1.54, 1.807) is 11.3 Å². The Morgan fingerprint density at radius 1 is 1.21 bits per heavy atom. The summed E-state index contributed by atoms with van der Waals surface area (Å²) in [4.78, 5) is 23.5. The Morgan fingerprint density at radius 2 is 2.06 bits per heavy atom. The van der Waals surface area contributed by atoms with E-state index in [0.717, 1.165) is 40.2 Å². The molecule has 11 heteroatoms. The van der Waals surface area contributed by atoms with Crippen molar-refractivity contribution >= 4 is 33.1 Å². The van der Waals surface area contributed by atoms with Gasteiger partial charge in [-0.2, -0.15) is 18.3 Å². The van der Waals surface area contributed by atoms with Crippen LogP contribution in [0.15, 0.2) is 55.1 Å². The van der Waals surface area contributed by atoms with E-state index in [0.29, 0.717) is 12.2 Å². The van der Waals surface area contributed by atoms with Gasteiger partial charge >= 0.3 is 6.18 Å². The van der Waals surface area contributed by atoms with Gasteiger partial charge in [0.25, 0.3) is 0 Å². The number of anilines is 1. The number of hydrogen-bond acceptors (Lipinski definition) is 6. The molecule has 33 heavy (non-hydrogen) atoms. The minimum Gasteiger partial charge on any atom is -0.323 e. The summed E-state index contributed by atoms with van der Waals surface area (Å²) in [6.45, 7) is 0.764. The highest BCUT2D eigenvalue weighted by Crippen LogP contribution is 2.37. The number of benzene rings is 2. The van der Waals surface area contributed by atoms with Gasteiger partial charge in [-0.25, -0.2) is 14.6 Å². The number of hydrogen-bond donors (Lipinski definition) is 1. The number of nitrogens with one attached hydrogen (secondary N) is 1. The summed E-state index contributed by atoms with van der Waals surface area (Å²) in [5.41, 5.74) is 0.402. The smallest absolute Gasteiger partial charge is 0.323 e. The quantitative estimate of drug-likeness (QED) is 0.457. The first-order chi connectivity index (χ1) is 15.9. The van der Waals surface area contributed by atoms with Crippen molar-refractivity contribution in [1.82, 2.24) is 24.6 Å². The molecule has 2 aromatic carbocycles. The molecule has 0 saturated carbocycles. The fourth-order valence-electron chi connectivity index (χ4n) is 4.05. The van der Waals surface area contributed by atoms with Crippen LogP contribution in [0.3, 0.4) is 0 Å². The molecule has 7 nitrogen and oxygen atoms in total. The van der Waals surface area contributed by atoms with Gasteiger partial charge in [-0.1, -0.05) is 12.1 Å². The van der Waals surface area contributed by atoms with Crippen molar-refractivity contribution in [1.29, 1.82) is 0 Å². The molecule has 1 amide bonds. The van der Waals surface area contributed by atoms with E-state index < -0.39 is 17.6 Å². The number of aromatic nitrogens is 4. The number of fused-ring (bicyclic) bond motifs is 1. The molecular weight excluding hydrogens is 453 g/mol. The molecule has 1 saturated heterocycles. The van der Waals surface area contributed by atoms with Crippen LogP contribution in [0.4, 0.5) is 18.9 Å². The summed E-state index contributed by atoms with van der Waals surface area (Å²) < 4.78 is 42.2. The average molecular weight is 472 g/mol. The van der Waals surface area contributed by atoms with Crippen molar-refractivity contribution < 1.29 is 18.0 Å². The number of alkyl halides is 3. The number of carbonyl (C=O) groups is 1. The minimum atomic E-state index is -4.53. The Morgan fingerprint density at radius 3 is 2.82 bits per heavy atom. The lowest BCUT2D eigenvalue weighted by molar-refractivity contribution is -0.137. The lowest BCUT2D eigenvalue weighted by atomic mass is 10.1. The lowest BCUT2D eigenvalue weighted by Gasteiger charge is -2.22. The number of amides is 1. The van der Waals surface area contributed by atoms with Gasteiger partial charge in [-0.15, -0.1) is 11.3 Å². The normalized spacial score (nSPS) is 17.0. The summed E-state index contributed by atoms with van der Waals surface area (Å²) >= 11 is 1.61. The molecular formula is C22H19F3N6OS. The van der Waals surface area contributed by atoms with Crippen molar-refractivity contribution in [2.45, 2.75) is 25.1 Å². The van der Waals surface area contributed by atoms with Crippen LogP contribution in [-0.2, 0) is 11.0 Å². The summed E-state index contributed by atoms with van der Waals surface area (Å²) in [7, 11) is 0. The number of likely N-dealkylation sites (tertiary alicyclic amines) is 1. The molecule has 0 spiro atoms. The third-order valence-corrected chi connectivity index (χ3v) is 6.71. The second-order valence-corrected chi connectivity index (χ2v) is 8.83. The van der Waals surface area contributed by atoms with Gasteiger partial charge in [-0.3, -0.25) is 9.69 Å². The van der Waals surface area contributed by atoms with Crippen LogP contribution in [0.2, 0.25) is 0 Å². The number of para-hydroxylation sites is 1. The van der Waals surface area contributed by atoms with Gasteiger partial charge < -0.3 is 5.32 Å². The standard InChI is InChI=1S/C22H19F3N6OS/c23-22(24,25)14-7-8-17(31-13-26-12-27-31)16(10-14)28-20(32)11-30-9-3-5-18(30)21-29-15-4-1-2-6-19(15)33-21/h1-2,4,6-8,10,12-13,18H,3,5,9,11H2,(H,28,32)/t18-/m1/s1. The first kappa shape index (κ1) is 21.5. The van der Waals surface area contributed by atoms with Gasteiger partial charge in [-0.05, 0) is 49.7 Å². The van der Waals surface area contributed by atoms with E-state index in [-0.39, 0.29) is 18.3 Å². The topological polar surface area (TPSA) is 75.9 Å². The predicted molar refractivity (Wildman–Crippen MR) is 118 cm³/mol. The van der Waals surface area contributed by atoms with Crippen LogP contribution in [-0.4, -0.2) is 43.6 Å². The molecule has 170 valence electrons. The number of halogens is 3. The van der Waals surface area contributed by atoms with Crippen LogP contribution < -0.4 is 5.32 Å². The van der Waals surface area contributed by atoms with E-state index >= 15 is 0 Å². The fraction of sp³-hybridized carbons (Fsp3) is 0.273. The summed E-state index contributed by atoms with van der Waals surface area (Å²) in [6.07, 6.45) is -0.103. The number of rotatable bonds is 5. The van der Waals surface area contributed by atoms with Crippen LogP contribution in [0, 0.1) is 0 Å². The van der Waals surface area contributed by atoms with Gasteiger partial charge in [0.05, 0.1) is 39.7 Å². The average Bonchev–Trinajstić information content (AvgIpc) is 3.53. The van der Waals surface area contributed by atoms with Crippen molar-refractivity contribution in [3.05, 3.63) is 65.7 Å². The molecule has 0 unspecified atom stereocenters. The second kappa shape index (κ2) is 8.56. The molecule has 1 N–H and O–H groups in total. The number of thiazole rings is 1. The Labute approximate surface area is 190 Å². The Kier molecular flexibility index (Phi) is 5.59. The molecule has 1 aliphatic heterocycles. The highest BCUT2D eigenvalue weighted by molar-refractivity contribution is 7.18. The molecule has 1 fully saturated rings. The summed E-state index contributed by atoms with van der Waals surface area (Å²) in [5, 5.41) is 7.58. The summed E-state index contributed by atoms with van der Waals surface area (Å²) in [6, 6.07) is 11.0. The third kappa shape index (κ3) is 4.46. The van der Waals surface area contributed by atoms with E-state index in [9.17, 15) is 18.0 Å². The zero-order chi connectivity index (χ0) is 23.0. The van der Waals surface area contributed by atoms with Crippen molar-refractivity contribution in [2.75, 3.05) is 18.4 Å². The van der Waals surface area contributed by atoms with Gasteiger partial charge in [0.2, 0.25) is 5.91 Å². The molecule has 4 aromatic rings. The van der Waals surface area contributed by atoms with Crippen molar-refractivity contribution in [2.24, 2.45) is 0 Å². The zero-order valence-electron chi connectivity index (χ0n) is 17.3. The van der Waals surface area contributed by atoms with Crippen LogP contribution in [0.5, 0.6) is 0 Å². The van der Waals surface area contributed by atoms with Gasteiger partial charge in [0, 0.05) is 0 Å². The van der Waals surface area contributed by atoms with Crippen LogP contribution in [0.1, 0.15) is 29.5 Å². The second-order valence-electron chi connectivity index (χ2n) is 7.77. The fourth-order valence-corrected chi connectivity index (χ4v) is 5.18. The lowest BCUT2D eigenvalue weighted by Crippen LogP contribution is -2.33. The van der Waals surface area contributed by atoms with Gasteiger partial charge in [0.1, 0.15) is 17.7 Å². The van der Waals surface area contributed by atoms with Crippen molar-refractivity contribution in [3.63, 3.8) is 0 Å². The van der Waals surface area contributed by atoms with Crippen LogP contribution >= 0.6 is 11.3 Å². The largest absolute Gasteiger partial charge is 0.416 e. The van der Waals surface area contributed by atoms with Gasteiger partial charge in [0.15, 0.2) is 0 Å². The molecule has 1 atom stereocenters. The highest BCUT2D eigenvalue weighted by atomic mass is 32.1. The molecule has 5 rings (SSSR count). The van der Waals surface area contributed by atoms with E-state index in [1.165, 1.54) is 23.4 Å². The minimum absolute atomic E-state index is 0.00412. The van der Waals surface area contributed by atoms with Crippen molar-refractivity contribution in [3.8, 4) is 5.69 Å². The SMILES string of the molecule is O=C(CN1CCC[C@@H]1c1nc2ccccc2s1)Nc1cc(C(F)(F)F)ccc1-n1cncn1. The molecule has 0 bridgehead atoms. The summed E-state index contributed by atoms with van der Waals surface area (Å²) in [5.74, 6) is -0.399. The van der Waals surface area contributed by atoms with Crippen LogP contribution in [0.25, 0.3) is 15.9 Å². The Balaban J connectivity index is 1.37. The number of nitrogens with zero attached hydrogens (tertiary/aromatic N) is 5. The zero-order valence-corrected chi connectivity index (χ0v) is 18.1.